The monoisotopic (exact) mass is 497 g/mol. The number of hydrogen-bond donors (Lipinski definition) is 0. The maximum absolute atomic E-state index is 13.7. The highest BCUT2D eigenvalue weighted by atomic mass is 32.2. The summed E-state index contributed by atoms with van der Waals surface area (Å²) in [5.41, 5.74) is 0.635. The first-order valence-corrected chi connectivity index (χ1v) is 12.4. The number of pyridine rings is 1. The quantitative estimate of drug-likeness (QED) is 0.604. The van der Waals surface area contributed by atoms with Crippen molar-refractivity contribution in [3.05, 3.63) is 53.2 Å². The predicted octanol–water partition coefficient (Wildman–Crippen LogP) is 3.28. The Morgan fingerprint density at radius 1 is 1.09 bits per heavy atom. The van der Waals surface area contributed by atoms with Crippen LogP contribution in [-0.4, -0.2) is 56.0 Å². The number of anilines is 1. The molecule has 3 atom stereocenters. The second-order valence-electron chi connectivity index (χ2n) is 8.85. The van der Waals surface area contributed by atoms with Gasteiger partial charge in [-0.1, -0.05) is 12.1 Å². The molecule has 1 fully saturated rings. The molecule has 0 bridgehead atoms. The summed E-state index contributed by atoms with van der Waals surface area (Å²) in [6, 6.07) is 6.61. The SMILES string of the molecule is COC(=O)[C@@H]1Cc2cccc(S(=O)(=O)N3C[C@H](C)N(c4ccc(C(F)(F)F)cn4)C[C@@H]3C)c2C1. The van der Waals surface area contributed by atoms with Crippen molar-refractivity contribution in [1.82, 2.24) is 9.29 Å². The number of hydrogen-bond acceptors (Lipinski definition) is 6. The first-order chi connectivity index (χ1) is 15.9. The zero-order valence-corrected chi connectivity index (χ0v) is 19.9. The van der Waals surface area contributed by atoms with Crippen LogP contribution < -0.4 is 4.90 Å². The minimum atomic E-state index is -4.47. The molecule has 2 aliphatic rings. The molecule has 0 spiro atoms. The number of aromatic nitrogens is 1. The molecule has 1 aromatic heterocycles. The third-order valence-corrected chi connectivity index (χ3v) is 8.63. The minimum absolute atomic E-state index is 0.149. The third-order valence-electron chi connectivity index (χ3n) is 6.57. The molecule has 0 unspecified atom stereocenters. The lowest BCUT2D eigenvalue weighted by Crippen LogP contribution is -2.58. The Hall–Kier alpha value is -2.66. The molecule has 1 aliphatic heterocycles. The lowest BCUT2D eigenvalue weighted by Gasteiger charge is -2.44. The Morgan fingerprint density at radius 2 is 1.82 bits per heavy atom. The fourth-order valence-corrected chi connectivity index (χ4v) is 6.77. The number of fused-ring (bicyclic) bond motifs is 1. The van der Waals surface area contributed by atoms with Crippen molar-refractivity contribution in [2.45, 2.75) is 49.8 Å². The summed E-state index contributed by atoms with van der Waals surface area (Å²) in [5, 5.41) is 0. The molecule has 0 N–H and O–H groups in total. The lowest BCUT2D eigenvalue weighted by molar-refractivity contribution is -0.145. The normalized spacial score (nSPS) is 23.6. The Morgan fingerprint density at radius 3 is 2.44 bits per heavy atom. The number of sulfonamides is 1. The number of esters is 1. The van der Waals surface area contributed by atoms with E-state index in [1.807, 2.05) is 17.9 Å². The van der Waals surface area contributed by atoms with E-state index >= 15 is 0 Å². The summed E-state index contributed by atoms with van der Waals surface area (Å²) in [5.74, 6) is -0.402. The van der Waals surface area contributed by atoms with Gasteiger partial charge < -0.3 is 9.64 Å². The predicted molar refractivity (Wildman–Crippen MR) is 119 cm³/mol. The van der Waals surface area contributed by atoms with Crippen LogP contribution in [0.5, 0.6) is 0 Å². The van der Waals surface area contributed by atoms with Gasteiger partial charge in [0, 0.05) is 31.4 Å². The van der Waals surface area contributed by atoms with Crippen LogP contribution in [0.1, 0.15) is 30.5 Å². The molecule has 2 aromatic rings. The molecule has 0 amide bonds. The second kappa shape index (κ2) is 8.84. The molecule has 1 saturated heterocycles. The number of rotatable bonds is 4. The smallest absolute Gasteiger partial charge is 0.417 e. The second-order valence-corrected chi connectivity index (χ2v) is 10.7. The van der Waals surface area contributed by atoms with Crippen LogP contribution in [0.15, 0.2) is 41.4 Å². The largest absolute Gasteiger partial charge is 0.469 e. The van der Waals surface area contributed by atoms with Gasteiger partial charge in [-0.2, -0.15) is 17.5 Å². The number of piperazine rings is 1. The van der Waals surface area contributed by atoms with Gasteiger partial charge in [-0.15, -0.1) is 0 Å². The molecular weight excluding hydrogens is 471 g/mol. The van der Waals surface area contributed by atoms with Crippen molar-refractivity contribution in [3.63, 3.8) is 0 Å². The highest BCUT2D eigenvalue weighted by Gasteiger charge is 2.41. The first-order valence-electron chi connectivity index (χ1n) is 10.9. The topological polar surface area (TPSA) is 79.8 Å². The number of nitrogens with zero attached hydrogens (tertiary/aromatic N) is 3. The van der Waals surface area contributed by atoms with Crippen molar-refractivity contribution in [3.8, 4) is 0 Å². The summed E-state index contributed by atoms with van der Waals surface area (Å²) in [6.45, 7) is 4.01. The number of carbonyl (C=O) groups excluding carboxylic acids is 1. The summed E-state index contributed by atoms with van der Waals surface area (Å²) < 4.78 is 72.3. The molecule has 0 saturated carbocycles. The Labute approximate surface area is 196 Å². The van der Waals surface area contributed by atoms with Crippen LogP contribution in [0.2, 0.25) is 0 Å². The molecule has 34 heavy (non-hydrogen) atoms. The first kappa shape index (κ1) is 24.5. The van der Waals surface area contributed by atoms with Gasteiger partial charge in [-0.3, -0.25) is 4.79 Å². The third kappa shape index (κ3) is 4.38. The summed E-state index contributed by atoms with van der Waals surface area (Å²) >= 11 is 0. The van der Waals surface area contributed by atoms with Crippen molar-refractivity contribution < 1.29 is 31.1 Å². The van der Waals surface area contributed by atoms with E-state index in [1.54, 1.807) is 19.1 Å². The van der Waals surface area contributed by atoms with E-state index in [4.69, 9.17) is 4.74 Å². The average Bonchev–Trinajstić information content (AvgIpc) is 3.23. The van der Waals surface area contributed by atoms with E-state index in [0.717, 1.165) is 17.8 Å². The fourth-order valence-electron chi connectivity index (χ4n) is 4.79. The molecule has 2 heterocycles. The molecule has 1 aliphatic carbocycles. The number of ether oxygens (including phenoxy) is 1. The number of alkyl halides is 3. The number of halogens is 3. The van der Waals surface area contributed by atoms with Crippen LogP contribution in [0.25, 0.3) is 0 Å². The van der Waals surface area contributed by atoms with Crippen LogP contribution in [-0.2, 0) is 38.6 Å². The zero-order valence-electron chi connectivity index (χ0n) is 19.0. The number of methoxy groups -OCH3 is 1. The lowest BCUT2D eigenvalue weighted by atomic mass is 10.1. The van der Waals surface area contributed by atoms with Crippen molar-refractivity contribution in [2.75, 3.05) is 25.1 Å². The molecular formula is C23H26F3N3O4S. The van der Waals surface area contributed by atoms with Crippen molar-refractivity contribution >= 4 is 21.8 Å². The summed E-state index contributed by atoms with van der Waals surface area (Å²) in [4.78, 5) is 18.0. The van der Waals surface area contributed by atoms with Gasteiger partial charge in [-0.05, 0) is 56.0 Å². The zero-order chi connectivity index (χ0) is 24.8. The molecule has 7 nitrogen and oxygen atoms in total. The maximum Gasteiger partial charge on any atom is 0.417 e. The number of benzene rings is 1. The Kier molecular flexibility index (Phi) is 6.36. The van der Waals surface area contributed by atoms with Gasteiger partial charge in [0.1, 0.15) is 5.82 Å². The number of carbonyl (C=O) groups is 1. The van der Waals surface area contributed by atoms with Crippen LogP contribution >= 0.6 is 0 Å². The van der Waals surface area contributed by atoms with E-state index in [0.29, 0.717) is 24.2 Å². The van der Waals surface area contributed by atoms with Crippen molar-refractivity contribution in [2.24, 2.45) is 5.92 Å². The molecule has 0 radical (unpaired) electrons. The molecule has 184 valence electrons. The van der Waals surface area contributed by atoms with Crippen LogP contribution in [0, 0.1) is 5.92 Å². The van der Waals surface area contributed by atoms with E-state index in [9.17, 15) is 26.4 Å². The Bertz CT molecular complexity index is 1180. The molecule has 1 aromatic carbocycles. The van der Waals surface area contributed by atoms with E-state index in [2.05, 4.69) is 4.98 Å². The van der Waals surface area contributed by atoms with Gasteiger partial charge in [-0.25, -0.2) is 13.4 Å². The van der Waals surface area contributed by atoms with E-state index in [-0.39, 0.29) is 30.0 Å². The minimum Gasteiger partial charge on any atom is -0.469 e. The van der Waals surface area contributed by atoms with E-state index < -0.39 is 33.7 Å². The van der Waals surface area contributed by atoms with Crippen molar-refractivity contribution in [1.29, 1.82) is 0 Å². The van der Waals surface area contributed by atoms with Crippen LogP contribution in [0.4, 0.5) is 19.0 Å². The maximum atomic E-state index is 13.7. The highest BCUT2D eigenvalue weighted by molar-refractivity contribution is 7.89. The summed E-state index contributed by atoms with van der Waals surface area (Å²) in [7, 11) is -2.56. The molecule has 11 heteroatoms. The van der Waals surface area contributed by atoms with Crippen LogP contribution in [0.3, 0.4) is 0 Å². The van der Waals surface area contributed by atoms with Gasteiger partial charge in [0.15, 0.2) is 0 Å². The van der Waals surface area contributed by atoms with Gasteiger partial charge in [0.25, 0.3) is 0 Å². The average molecular weight is 498 g/mol. The van der Waals surface area contributed by atoms with Gasteiger partial charge in [0.05, 0.1) is 23.5 Å². The summed E-state index contributed by atoms with van der Waals surface area (Å²) in [6.07, 6.45) is -2.94. The fraction of sp³-hybridized carbons (Fsp3) is 0.478. The highest BCUT2D eigenvalue weighted by Crippen LogP contribution is 2.36. The molecule has 4 rings (SSSR count). The van der Waals surface area contributed by atoms with E-state index in [1.165, 1.54) is 17.5 Å². The standard InChI is InChI=1S/C23H26F3N3O4S/c1-14-13-29(15(2)12-28(14)21-8-7-18(11-27-21)23(24,25)26)34(31,32)20-6-4-5-16-9-17(10-19(16)20)22(30)33-3/h4-8,11,14-15,17H,9-10,12-13H2,1-3H3/t14-,15-,17+/m0/s1. The Balaban J connectivity index is 1.57. The van der Waals surface area contributed by atoms with Gasteiger partial charge in [0.2, 0.25) is 10.0 Å². The van der Waals surface area contributed by atoms with Gasteiger partial charge >= 0.3 is 12.1 Å².